The van der Waals surface area contributed by atoms with Gasteiger partial charge in [-0.15, -0.1) is 0 Å². The molecule has 2 aromatic carbocycles. The summed E-state index contributed by atoms with van der Waals surface area (Å²) in [6.45, 7) is -1.16. The van der Waals surface area contributed by atoms with Crippen LogP contribution in [-0.2, 0) is 20.0 Å². The van der Waals surface area contributed by atoms with Gasteiger partial charge in [0.2, 0.25) is 0 Å². The molecular weight excluding hydrogens is 326 g/mol. The molecule has 0 aliphatic rings. The smallest absolute Gasteiger partial charge is 0.256 e. The maximum Gasteiger partial charge on any atom is 0.256 e. The van der Waals surface area contributed by atoms with Crippen molar-refractivity contribution in [2.75, 3.05) is 13.2 Å². The molecule has 0 saturated carbocycles. The Bertz CT molecular complexity index is 749. The molecule has 0 unspecified atom stereocenters. The highest BCUT2D eigenvalue weighted by Gasteiger charge is 2.35. The maximum absolute atomic E-state index is 12.6. The molecule has 0 fully saturated rings. The van der Waals surface area contributed by atoms with Gasteiger partial charge in [0, 0.05) is 0 Å². The minimum absolute atomic E-state index is 0.150. The van der Waals surface area contributed by atoms with Crippen LogP contribution < -0.4 is 0 Å². The lowest BCUT2D eigenvalue weighted by Crippen LogP contribution is -2.38. The third kappa shape index (κ3) is 3.20. The van der Waals surface area contributed by atoms with E-state index in [0.29, 0.717) is 3.71 Å². The normalized spacial score (nSPS) is 12.5. The molecular formula is C14H15NO5S2. The Morgan fingerprint density at radius 1 is 0.727 bits per heavy atom. The van der Waals surface area contributed by atoms with E-state index in [0.717, 1.165) is 0 Å². The number of benzene rings is 2. The summed E-state index contributed by atoms with van der Waals surface area (Å²) in [4.78, 5) is -0.300. The number of aliphatic hydroxyl groups is 1. The molecule has 0 radical (unpaired) electrons. The molecule has 0 aromatic heterocycles. The van der Waals surface area contributed by atoms with Crippen molar-refractivity contribution < 1.29 is 21.9 Å². The predicted molar refractivity (Wildman–Crippen MR) is 81.0 cm³/mol. The van der Waals surface area contributed by atoms with Gasteiger partial charge in [0.1, 0.15) is 0 Å². The van der Waals surface area contributed by atoms with E-state index in [9.17, 15) is 16.8 Å². The standard InChI is InChI=1S/C14H15NO5S2/c16-12-11-15(21(17,18)13-7-3-1-4-8-13)22(19,20)14-9-5-2-6-10-14/h1-10,16H,11-12H2. The van der Waals surface area contributed by atoms with E-state index >= 15 is 0 Å². The molecule has 2 rings (SSSR count). The fourth-order valence-electron chi connectivity index (χ4n) is 1.87. The number of nitrogens with zero attached hydrogens (tertiary/aromatic N) is 1. The Balaban J connectivity index is 2.56. The molecule has 6 nitrogen and oxygen atoms in total. The molecule has 0 bridgehead atoms. The lowest BCUT2D eigenvalue weighted by Gasteiger charge is -2.21. The van der Waals surface area contributed by atoms with Crippen LogP contribution in [0.15, 0.2) is 70.5 Å². The van der Waals surface area contributed by atoms with Crippen LogP contribution in [0, 0.1) is 0 Å². The molecule has 0 aliphatic carbocycles. The zero-order valence-electron chi connectivity index (χ0n) is 11.5. The lowest BCUT2D eigenvalue weighted by molar-refractivity contribution is 0.280. The van der Waals surface area contributed by atoms with Crippen LogP contribution in [0.1, 0.15) is 0 Å². The van der Waals surface area contributed by atoms with Crippen molar-refractivity contribution in [3.8, 4) is 0 Å². The molecule has 2 aromatic rings. The Hall–Kier alpha value is -1.74. The van der Waals surface area contributed by atoms with Crippen LogP contribution >= 0.6 is 0 Å². The minimum atomic E-state index is -4.28. The summed E-state index contributed by atoms with van der Waals surface area (Å²) in [6, 6.07) is 14.5. The van der Waals surface area contributed by atoms with Crippen LogP contribution in [0.2, 0.25) is 0 Å². The molecule has 1 N–H and O–H groups in total. The monoisotopic (exact) mass is 341 g/mol. The van der Waals surface area contributed by atoms with Crippen LogP contribution in [0.4, 0.5) is 0 Å². The zero-order valence-corrected chi connectivity index (χ0v) is 13.2. The van der Waals surface area contributed by atoms with Gasteiger partial charge >= 0.3 is 0 Å². The van der Waals surface area contributed by atoms with Gasteiger partial charge in [-0.25, -0.2) is 16.8 Å². The number of sulfonamides is 2. The van der Waals surface area contributed by atoms with E-state index in [4.69, 9.17) is 5.11 Å². The van der Waals surface area contributed by atoms with Crippen molar-refractivity contribution >= 4 is 20.0 Å². The number of hydrogen-bond donors (Lipinski definition) is 1. The highest BCUT2D eigenvalue weighted by Crippen LogP contribution is 2.23. The van der Waals surface area contributed by atoms with Crippen molar-refractivity contribution in [2.24, 2.45) is 0 Å². The second-order valence-corrected chi connectivity index (χ2v) is 8.31. The highest BCUT2D eigenvalue weighted by molar-refractivity contribution is 8.04. The molecule has 0 heterocycles. The van der Waals surface area contributed by atoms with Crippen molar-refractivity contribution in [1.29, 1.82) is 0 Å². The van der Waals surface area contributed by atoms with Gasteiger partial charge in [0.05, 0.1) is 22.9 Å². The quantitative estimate of drug-likeness (QED) is 0.848. The Morgan fingerprint density at radius 2 is 1.09 bits per heavy atom. The first-order valence-corrected chi connectivity index (χ1v) is 9.27. The summed E-state index contributed by atoms with van der Waals surface area (Å²) in [5.41, 5.74) is 0. The van der Waals surface area contributed by atoms with Gasteiger partial charge < -0.3 is 5.11 Å². The lowest BCUT2D eigenvalue weighted by atomic mass is 10.4. The summed E-state index contributed by atoms with van der Waals surface area (Å²) < 4.78 is 50.6. The van der Waals surface area contributed by atoms with Gasteiger partial charge in [0.15, 0.2) is 0 Å². The third-order valence-electron chi connectivity index (χ3n) is 2.90. The molecule has 0 saturated heterocycles. The summed E-state index contributed by atoms with van der Waals surface area (Å²) in [5.74, 6) is 0. The highest BCUT2D eigenvalue weighted by atomic mass is 32.3. The summed E-state index contributed by atoms with van der Waals surface area (Å²) in [6.07, 6.45) is 0. The number of aliphatic hydroxyl groups excluding tert-OH is 1. The van der Waals surface area contributed by atoms with Crippen LogP contribution in [-0.4, -0.2) is 38.8 Å². The predicted octanol–water partition coefficient (Wildman–Crippen LogP) is 1.06. The van der Waals surface area contributed by atoms with Gasteiger partial charge in [0.25, 0.3) is 20.0 Å². The number of hydrogen-bond acceptors (Lipinski definition) is 5. The second-order valence-electron chi connectivity index (χ2n) is 4.36. The molecule has 22 heavy (non-hydrogen) atoms. The van der Waals surface area contributed by atoms with Gasteiger partial charge in [-0.3, -0.25) is 0 Å². The Morgan fingerprint density at radius 3 is 1.41 bits per heavy atom. The van der Waals surface area contributed by atoms with Crippen LogP contribution in [0.5, 0.6) is 0 Å². The first kappa shape index (κ1) is 16.6. The minimum Gasteiger partial charge on any atom is -0.395 e. The van der Waals surface area contributed by atoms with E-state index in [1.54, 1.807) is 12.1 Å². The summed E-state index contributed by atoms with van der Waals surface area (Å²) in [5, 5.41) is 9.09. The average molecular weight is 341 g/mol. The third-order valence-corrected chi connectivity index (χ3v) is 7.25. The van der Waals surface area contributed by atoms with Crippen molar-refractivity contribution in [2.45, 2.75) is 9.79 Å². The second kappa shape index (κ2) is 6.57. The molecule has 0 spiro atoms. The van der Waals surface area contributed by atoms with E-state index < -0.39 is 33.2 Å². The summed E-state index contributed by atoms with van der Waals surface area (Å²) in [7, 11) is -8.57. The zero-order chi connectivity index (χ0) is 16.2. The molecule has 118 valence electrons. The molecule has 0 aliphatic heterocycles. The first-order chi connectivity index (χ1) is 10.4. The van der Waals surface area contributed by atoms with E-state index in [2.05, 4.69) is 0 Å². The first-order valence-electron chi connectivity index (χ1n) is 6.39. The largest absolute Gasteiger partial charge is 0.395 e. The number of rotatable bonds is 6. The molecule has 0 atom stereocenters. The van der Waals surface area contributed by atoms with Crippen molar-refractivity contribution in [3.05, 3.63) is 60.7 Å². The Kier molecular flexibility index (Phi) is 4.97. The Labute approximate surface area is 129 Å². The fraction of sp³-hybridized carbons (Fsp3) is 0.143. The summed E-state index contributed by atoms with van der Waals surface area (Å²) >= 11 is 0. The van der Waals surface area contributed by atoms with Crippen LogP contribution in [0.3, 0.4) is 0 Å². The topological polar surface area (TPSA) is 91.8 Å². The van der Waals surface area contributed by atoms with Gasteiger partial charge in [-0.05, 0) is 24.3 Å². The van der Waals surface area contributed by atoms with Crippen LogP contribution in [0.25, 0.3) is 0 Å². The van der Waals surface area contributed by atoms with Gasteiger partial charge in [-0.1, -0.05) is 40.1 Å². The maximum atomic E-state index is 12.6. The molecule has 8 heteroatoms. The fourth-order valence-corrected chi connectivity index (χ4v) is 5.54. The van der Waals surface area contributed by atoms with E-state index in [1.165, 1.54) is 48.5 Å². The van der Waals surface area contributed by atoms with E-state index in [1.807, 2.05) is 0 Å². The SMILES string of the molecule is O=S(=O)(c1ccccc1)N(CCO)S(=O)(=O)c1ccccc1. The average Bonchev–Trinajstić information content (AvgIpc) is 2.54. The van der Waals surface area contributed by atoms with E-state index in [-0.39, 0.29) is 9.79 Å². The van der Waals surface area contributed by atoms with Gasteiger partial charge in [-0.2, -0.15) is 0 Å². The molecule has 0 amide bonds. The van der Waals surface area contributed by atoms with Crippen molar-refractivity contribution in [3.63, 3.8) is 0 Å². The van der Waals surface area contributed by atoms with Crippen molar-refractivity contribution in [1.82, 2.24) is 3.71 Å².